The van der Waals surface area contributed by atoms with Gasteiger partial charge in [-0.1, -0.05) is 18.2 Å². The average Bonchev–Trinajstić information content (AvgIpc) is 2.73. The Bertz CT molecular complexity index is 777. The first-order valence-electron chi connectivity index (χ1n) is 9.35. The van der Waals surface area contributed by atoms with Crippen molar-refractivity contribution in [2.45, 2.75) is 32.0 Å². The summed E-state index contributed by atoms with van der Waals surface area (Å²) in [5, 5.41) is 15.7. The molecule has 2 heterocycles. The number of guanidine groups is 1. The molecule has 1 aliphatic rings. The minimum atomic E-state index is 0. The fourth-order valence-electron chi connectivity index (χ4n) is 3.23. The van der Waals surface area contributed by atoms with Crippen LogP contribution < -0.4 is 10.6 Å². The lowest BCUT2D eigenvalue weighted by Crippen LogP contribution is -2.48. The van der Waals surface area contributed by atoms with Crippen LogP contribution in [0.1, 0.15) is 29.7 Å². The van der Waals surface area contributed by atoms with Crippen LogP contribution in [0, 0.1) is 11.3 Å². The Labute approximate surface area is 184 Å². The molecular weight excluding hydrogens is 463 g/mol. The maximum atomic E-state index is 8.87. The number of likely N-dealkylation sites (tertiary alicyclic amines) is 1. The first-order chi connectivity index (χ1) is 13.3. The molecule has 0 amide bonds. The van der Waals surface area contributed by atoms with Gasteiger partial charge in [0.1, 0.15) is 0 Å². The standard InChI is InChI=1S/C21H26N6.HI/c1-23-21(25-15-18-7-5-17(14-22)6-8-18)26-19-9-12-27(13-10-19)16-20-4-2-3-11-24-20;/h2-8,11,19H,9-10,12-13,15-16H2,1H3,(H2,23,25,26);1H. The summed E-state index contributed by atoms with van der Waals surface area (Å²) in [7, 11) is 1.80. The predicted octanol–water partition coefficient (Wildman–Crippen LogP) is 2.90. The number of nitrogens with zero attached hydrogens (tertiary/aromatic N) is 4. The summed E-state index contributed by atoms with van der Waals surface area (Å²) in [6.45, 7) is 3.71. The van der Waals surface area contributed by atoms with Crippen LogP contribution in [0.25, 0.3) is 0 Å². The van der Waals surface area contributed by atoms with Gasteiger partial charge in [-0.2, -0.15) is 5.26 Å². The maximum Gasteiger partial charge on any atom is 0.191 e. The van der Waals surface area contributed by atoms with Gasteiger partial charge in [0.25, 0.3) is 0 Å². The third-order valence-corrected chi connectivity index (χ3v) is 4.81. The summed E-state index contributed by atoms with van der Waals surface area (Å²) in [5.74, 6) is 0.822. The van der Waals surface area contributed by atoms with Crippen molar-refractivity contribution in [2.24, 2.45) is 4.99 Å². The third-order valence-electron chi connectivity index (χ3n) is 4.81. The number of rotatable bonds is 5. The van der Waals surface area contributed by atoms with E-state index in [0.29, 0.717) is 18.2 Å². The number of hydrogen-bond donors (Lipinski definition) is 2. The van der Waals surface area contributed by atoms with Gasteiger partial charge in [0.15, 0.2) is 5.96 Å². The zero-order valence-corrected chi connectivity index (χ0v) is 18.5. The number of halogens is 1. The predicted molar refractivity (Wildman–Crippen MR) is 122 cm³/mol. The Kier molecular flexibility index (Phi) is 9.17. The number of nitrogens with one attached hydrogen (secondary N) is 2. The van der Waals surface area contributed by atoms with Crippen LogP contribution in [-0.2, 0) is 13.1 Å². The van der Waals surface area contributed by atoms with Crippen molar-refractivity contribution in [1.82, 2.24) is 20.5 Å². The molecule has 1 aromatic heterocycles. The van der Waals surface area contributed by atoms with E-state index in [1.807, 2.05) is 42.6 Å². The number of pyridine rings is 1. The summed E-state index contributed by atoms with van der Waals surface area (Å²) < 4.78 is 0. The molecule has 1 fully saturated rings. The fourth-order valence-corrected chi connectivity index (χ4v) is 3.23. The van der Waals surface area contributed by atoms with Crippen molar-refractivity contribution < 1.29 is 0 Å². The summed E-state index contributed by atoms with van der Waals surface area (Å²) in [6.07, 6.45) is 4.03. The maximum absolute atomic E-state index is 8.87. The summed E-state index contributed by atoms with van der Waals surface area (Å²) >= 11 is 0. The lowest BCUT2D eigenvalue weighted by molar-refractivity contribution is 0.196. The Hall–Kier alpha value is -2.18. The van der Waals surface area contributed by atoms with Crippen molar-refractivity contribution in [3.05, 3.63) is 65.5 Å². The molecule has 0 unspecified atom stereocenters. The SMILES string of the molecule is CN=C(NCc1ccc(C#N)cc1)NC1CCN(Cc2ccccn2)CC1.I. The summed E-state index contributed by atoms with van der Waals surface area (Å²) in [5.41, 5.74) is 2.93. The number of aliphatic imine (C=N–C) groups is 1. The third kappa shape index (κ3) is 6.77. The van der Waals surface area contributed by atoms with Crippen LogP contribution in [-0.4, -0.2) is 42.0 Å². The van der Waals surface area contributed by atoms with Gasteiger partial charge < -0.3 is 10.6 Å². The van der Waals surface area contributed by atoms with Crippen molar-refractivity contribution in [3.8, 4) is 6.07 Å². The normalized spacial score (nSPS) is 15.4. The van der Waals surface area contributed by atoms with Crippen LogP contribution >= 0.6 is 24.0 Å². The van der Waals surface area contributed by atoms with Gasteiger partial charge in [0, 0.05) is 45.5 Å². The van der Waals surface area contributed by atoms with Crippen molar-refractivity contribution in [2.75, 3.05) is 20.1 Å². The number of nitriles is 1. The van der Waals surface area contributed by atoms with Crippen LogP contribution in [0.15, 0.2) is 53.7 Å². The fraction of sp³-hybridized carbons (Fsp3) is 0.381. The Balaban J connectivity index is 0.00000280. The molecule has 6 nitrogen and oxygen atoms in total. The molecule has 7 heteroatoms. The van der Waals surface area contributed by atoms with E-state index >= 15 is 0 Å². The molecule has 1 aliphatic heterocycles. The van der Waals surface area contributed by atoms with Crippen LogP contribution in [0.5, 0.6) is 0 Å². The van der Waals surface area contributed by atoms with Crippen LogP contribution in [0.3, 0.4) is 0 Å². The first kappa shape index (κ1) is 22.1. The molecular formula is C21H27IN6. The zero-order valence-electron chi connectivity index (χ0n) is 16.1. The number of piperidine rings is 1. The van der Waals surface area contributed by atoms with Gasteiger partial charge in [-0.3, -0.25) is 14.9 Å². The highest BCUT2D eigenvalue weighted by atomic mass is 127. The smallest absolute Gasteiger partial charge is 0.191 e. The molecule has 28 heavy (non-hydrogen) atoms. The molecule has 0 aliphatic carbocycles. The van der Waals surface area contributed by atoms with E-state index in [0.717, 1.165) is 49.7 Å². The average molecular weight is 490 g/mol. The van der Waals surface area contributed by atoms with E-state index in [1.54, 1.807) is 7.05 Å². The first-order valence-corrected chi connectivity index (χ1v) is 9.35. The molecule has 0 saturated carbocycles. The Morgan fingerprint density at radius 1 is 1.21 bits per heavy atom. The van der Waals surface area contributed by atoms with E-state index < -0.39 is 0 Å². The second-order valence-electron chi connectivity index (χ2n) is 6.75. The monoisotopic (exact) mass is 490 g/mol. The largest absolute Gasteiger partial charge is 0.354 e. The highest BCUT2D eigenvalue weighted by molar-refractivity contribution is 14.0. The number of aromatic nitrogens is 1. The topological polar surface area (TPSA) is 76.3 Å². The van der Waals surface area contributed by atoms with Crippen molar-refractivity contribution >= 4 is 29.9 Å². The highest BCUT2D eigenvalue weighted by Crippen LogP contribution is 2.13. The van der Waals surface area contributed by atoms with Crippen LogP contribution in [0.4, 0.5) is 0 Å². The number of benzene rings is 1. The van der Waals surface area contributed by atoms with E-state index in [9.17, 15) is 0 Å². The second kappa shape index (κ2) is 11.6. The molecule has 1 aromatic carbocycles. The second-order valence-corrected chi connectivity index (χ2v) is 6.75. The molecule has 3 rings (SSSR count). The molecule has 0 spiro atoms. The lowest BCUT2D eigenvalue weighted by atomic mass is 10.0. The quantitative estimate of drug-likeness (QED) is 0.383. The summed E-state index contributed by atoms with van der Waals surface area (Å²) in [6, 6.07) is 16.3. The minimum Gasteiger partial charge on any atom is -0.354 e. The van der Waals surface area contributed by atoms with Crippen molar-refractivity contribution in [1.29, 1.82) is 5.26 Å². The lowest BCUT2D eigenvalue weighted by Gasteiger charge is -2.32. The van der Waals surface area contributed by atoms with Gasteiger partial charge in [-0.25, -0.2) is 0 Å². The number of hydrogen-bond acceptors (Lipinski definition) is 4. The highest BCUT2D eigenvalue weighted by Gasteiger charge is 2.20. The zero-order chi connectivity index (χ0) is 18.9. The van der Waals surface area contributed by atoms with E-state index in [1.165, 1.54) is 0 Å². The molecule has 2 aromatic rings. The molecule has 0 bridgehead atoms. The van der Waals surface area contributed by atoms with Gasteiger partial charge in [-0.15, -0.1) is 24.0 Å². The Morgan fingerprint density at radius 3 is 2.57 bits per heavy atom. The van der Waals surface area contributed by atoms with Gasteiger partial charge in [-0.05, 0) is 42.7 Å². The van der Waals surface area contributed by atoms with Gasteiger partial charge >= 0.3 is 0 Å². The van der Waals surface area contributed by atoms with E-state index in [2.05, 4.69) is 37.6 Å². The molecule has 0 radical (unpaired) electrons. The minimum absolute atomic E-state index is 0. The molecule has 2 N–H and O–H groups in total. The Morgan fingerprint density at radius 2 is 1.96 bits per heavy atom. The summed E-state index contributed by atoms with van der Waals surface area (Å²) in [4.78, 5) is 11.2. The van der Waals surface area contributed by atoms with Gasteiger partial charge in [0.05, 0.1) is 17.3 Å². The van der Waals surface area contributed by atoms with E-state index in [4.69, 9.17) is 5.26 Å². The van der Waals surface area contributed by atoms with E-state index in [-0.39, 0.29) is 24.0 Å². The molecule has 0 atom stereocenters. The van der Waals surface area contributed by atoms with Crippen molar-refractivity contribution in [3.63, 3.8) is 0 Å². The van der Waals surface area contributed by atoms with Gasteiger partial charge in [0.2, 0.25) is 0 Å². The van der Waals surface area contributed by atoms with Crippen LogP contribution in [0.2, 0.25) is 0 Å². The molecule has 1 saturated heterocycles. The molecule has 148 valence electrons.